The van der Waals surface area contributed by atoms with Gasteiger partial charge in [0.2, 0.25) is 5.95 Å². The lowest BCUT2D eigenvalue weighted by molar-refractivity contribution is 0.100. The van der Waals surface area contributed by atoms with Crippen molar-refractivity contribution in [2.24, 2.45) is 5.73 Å². The standard InChI is InChI=1S/C25H36N8O2/c26-18-21-22(23(27)35)24(30-25(29-21)33-11-3-1-2-4-12-33)28-19-6-8-20(9-7-19)32-13-5-10-31(14-15-32)16-17-34/h6-9,18,26,34H,1-5,10-17H2,(H2,27,35)(H,28,29,30). The molecule has 5 N–H and O–H groups in total. The summed E-state index contributed by atoms with van der Waals surface area (Å²) in [5, 5.41) is 20.3. The summed E-state index contributed by atoms with van der Waals surface area (Å²) in [6, 6.07) is 8.05. The lowest BCUT2D eigenvalue weighted by atomic mass is 10.2. The number of aliphatic hydroxyl groups is 1. The number of aromatic nitrogens is 2. The summed E-state index contributed by atoms with van der Waals surface area (Å²) in [6.45, 7) is 6.41. The second kappa shape index (κ2) is 11.9. The number of nitrogens with two attached hydrogens (primary N) is 1. The number of benzene rings is 1. The predicted octanol–water partition coefficient (Wildman–Crippen LogP) is 2.20. The molecule has 1 aromatic heterocycles. The molecule has 2 aromatic rings. The first-order valence-electron chi connectivity index (χ1n) is 12.5. The fourth-order valence-electron chi connectivity index (χ4n) is 4.80. The molecule has 10 nitrogen and oxygen atoms in total. The minimum Gasteiger partial charge on any atom is -0.395 e. The number of anilines is 4. The summed E-state index contributed by atoms with van der Waals surface area (Å²) in [4.78, 5) is 28.2. The van der Waals surface area contributed by atoms with Crippen LogP contribution in [0.3, 0.4) is 0 Å². The molecule has 1 amide bonds. The summed E-state index contributed by atoms with van der Waals surface area (Å²) in [5.74, 6) is 0.181. The summed E-state index contributed by atoms with van der Waals surface area (Å²) in [6.07, 6.45) is 6.62. The zero-order valence-corrected chi connectivity index (χ0v) is 20.2. The molecule has 0 unspecified atom stereocenters. The molecule has 10 heteroatoms. The zero-order chi connectivity index (χ0) is 24.6. The van der Waals surface area contributed by atoms with E-state index in [4.69, 9.17) is 11.1 Å². The van der Waals surface area contributed by atoms with Gasteiger partial charge >= 0.3 is 0 Å². The van der Waals surface area contributed by atoms with Gasteiger partial charge < -0.3 is 31.4 Å². The Hall–Kier alpha value is -3.24. The number of amides is 1. The molecule has 2 fully saturated rings. The van der Waals surface area contributed by atoms with Crippen LogP contribution in [-0.2, 0) is 0 Å². The van der Waals surface area contributed by atoms with E-state index in [1.807, 2.05) is 12.1 Å². The normalized spacial score (nSPS) is 17.5. The van der Waals surface area contributed by atoms with Gasteiger partial charge in [0.05, 0.1) is 6.61 Å². The summed E-state index contributed by atoms with van der Waals surface area (Å²) in [5.41, 5.74) is 7.93. The molecule has 0 radical (unpaired) electrons. The van der Waals surface area contributed by atoms with Crippen molar-refractivity contribution in [1.82, 2.24) is 14.9 Å². The second-order valence-corrected chi connectivity index (χ2v) is 9.12. The van der Waals surface area contributed by atoms with Crippen LogP contribution < -0.4 is 20.9 Å². The highest BCUT2D eigenvalue weighted by Gasteiger charge is 2.22. The predicted molar refractivity (Wildman–Crippen MR) is 139 cm³/mol. The molecular weight excluding hydrogens is 444 g/mol. The summed E-state index contributed by atoms with van der Waals surface area (Å²) >= 11 is 0. The molecule has 35 heavy (non-hydrogen) atoms. The van der Waals surface area contributed by atoms with Crippen LogP contribution in [0.1, 0.15) is 48.2 Å². The number of hydrogen-bond acceptors (Lipinski definition) is 9. The lowest BCUT2D eigenvalue weighted by Crippen LogP contribution is -2.32. The Kier molecular flexibility index (Phi) is 8.49. The third kappa shape index (κ3) is 6.26. The van der Waals surface area contributed by atoms with Gasteiger partial charge in [-0.3, -0.25) is 9.69 Å². The number of nitrogens with zero attached hydrogens (tertiary/aromatic N) is 5. The van der Waals surface area contributed by atoms with E-state index in [0.29, 0.717) is 11.8 Å². The van der Waals surface area contributed by atoms with Crippen molar-refractivity contribution in [3.05, 3.63) is 35.5 Å². The summed E-state index contributed by atoms with van der Waals surface area (Å²) < 4.78 is 0. The molecule has 0 bridgehead atoms. The van der Waals surface area contributed by atoms with Gasteiger partial charge in [-0.15, -0.1) is 0 Å². The van der Waals surface area contributed by atoms with E-state index in [0.717, 1.165) is 82.7 Å². The average molecular weight is 481 g/mol. The van der Waals surface area contributed by atoms with Crippen LogP contribution >= 0.6 is 0 Å². The van der Waals surface area contributed by atoms with E-state index >= 15 is 0 Å². The van der Waals surface area contributed by atoms with Crippen LogP contribution in [0.25, 0.3) is 0 Å². The van der Waals surface area contributed by atoms with E-state index in [9.17, 15) is 9.90 Å². The fourth-order valence-corrected chi connectivity index (χ4v) is 4.80. The minimum absolute atomic E-state index is 0.124. The molecule has 2 aliphatic rings. The summed E-state index contributed by atoms with van der Waals surface area (Å²) in [7, 11) is 0. The quantitative estimate of drug-likeness (QED) is 0.423. The zero-order valence-electron chi connectivity index (χ0n) is 20.2. The molecule has 3 heterocycles. The van der Waals surface area contributed by atoms with E-state index in [1.54, 1.807) is 0 Å². The van der Waals surface area contributed by atoms with Crippen LogP contribution in [0.15, 0.2) is 24.3 Å². The first-order chi connectivity index (χ1) is 17.1. The molecule has 4 rings (SSSR count). The molecule has 2 saturated heterocycles. The maximum absolute atomic E-state index is 12.3. The van der Waals surface area contributed by atoms with Gasteiger partial charge in [-0.1, -0.05) is 12.8 Å². The highest BCUT2D eigenvalue weighted by molar-refractivity contribution is 6.04. The van der Waals surface area contributed by atoms with Crippen molar-refractivity contribution in [2.45, 2.75) is 32.1 Å². The average Bonchev–Trinajstić information content (AvgIpc) is 3.28. The first-order valence-corrected chi connectivity index (χ1v) is 12.5. The second-order valence-electron chi connectivity index (χ2n) is 9.12. The smallest absolute Gasteiger partial charge is 0.254 e. The van der Waals surface area contributed by atoms with Crippen molar-refractivity contribution < 1.29 is 9.90 Å². The number of primary amides is 1. The van der Waals surface area contributed by atoms with Crippen LogP contribution in [-0.4, -0.2) is 84.5 Å². The fraction of sp³-hybridized carbons (Fsp3) is 0.520. The molecule has 2 aliphatic heterocycles. The maximum Gasteiger partial charge on any atom is 0.254 e. The Morgan fingerprint density at radius 2 is 1.69 bits per heavy atom. The van der Waals surface area contributed by atoms with Crippen LogP contribution in [0.2, 0.25) is 0 Å². The van der Waals surface area contributed by atoms with Gasteiger partial charge in [0.1, 0.15) is 17.1 Å². The van der Waals surface area contributed by atoms with Crippen molar-refractivity contribution in [3.63, 3.8) is 0 Å². The Morgan fingerprint density at radius 3 is 2.34 bits per heavy atom. The molecule has 0 aliphatic carbocycles. The van der Waals surface area contributed by atoms with Crippen LogP contribution in [0.4, 0.5) is 23.1 Å². The van der Waals surface area contributed by atoms with Gasteiger partial charge in [-0.25, -0.2) is 4.98 Å². The molecule has 0 atom stereocenters. The number of nitrogens with one attached hydrogen (secondary N) is 2. The third-order valence-electron chi connectivity index (χ3n) is 6.70. The number of rotatable bonds is 8. The third-order valence-corrected chi connectivity index (χ3v) is 6.70. The number of carbonyl (C=O) groups excluding carboxylic acids is 1. The van der Waals surface area contributed by atoms with Gasteiger partial charge in [0, 0.05) is 56.9 Å². The topological polar surface area (TPSA) is 135 Å². The molecule has 0 saturated carbocycles. The molecule has 0 spiro atoms. The van der Waals surface area contributed by atoms with Crippen molar-refractivity contribution in [1.29, 1.82) is 5.41 Å². The largest absolute Gasteiger partial charge is 0.395 e. The molecule has 1 aromatic carbocycles. The van der Waals surface area contributed by atoms with Crippen LogP contribution in [0, 0.1) is 5.41 Å². The van der Waals surface area contributed by atoms with Crippen molar-refractivity contribution in [2.75, 3.05) is 67.5 Å². The molecule has 188 valence electrons. The first kappa shape index (κ1) is 24.9. The number of carbonyl (C=O) groups is 1. The van der Waals surface area contributed by atoms with Gasteiger partial charge in [0.25, 0.3) is 5.91 Å². The van der Waals surface area contributed by atoms with Gasteiger partial charge in [0.15, 0.2) is 0 Å². The number of aliphatic hydroxyl groups excluding tert-OH is 1. The highest BCUT2D eigenvalue weighted by atomic mass is 16.3. The van der Waals surface area contributed by atoms with E-state index in [-0.39, 0.29) is 17.9 Å². The van der Waals surface area contributed by atoms with Gasteiger partial charge in [-0.2, -0.15) is 4.98 Å². The monoisotopic (exact) mass is 480 g/mol. The number of hydrogen-bond donors (Lipinski definition) is 4. The van der Waals surface area contributed by atoms with Crippen molar-refractivity contribution in [3.8, 4) is 0 Å². The SMILES string of the molecule is N=Cc1nc(N2CCCCCC2)nc(Nc2ccc(N3CCCN(CCO)CC3)cc2)c1C(N)=O. The highest BCUT2D eigenvalue weighted by Crippen LogP contribution is 2.27. The minimum atomic E-state index is -0.665. The lowest BCUT2D eigenvalue weighted by Gasteiger charge is -2.24. The van der Waals surface area contributed by atoms with Gasteiger partial charge in [-0.05, 0) is 50.1 Å². The van der Waals surface area contributed by atoms with Crippen LogP contribution in [0.5, 0.6) is 0 Å². The van der Waals surface area contributed by atoms with E-state index in [1.165, 1.54) is 12.8 Å². The Bertz CT molecular complexity index is 1010. The molecular formula is C25H36N8O2. The van der Waals surface area contributed by atoms with E-state index in [2.05, 4.69) is 42.1 Å². The Morgan fingerprint density at radius 1 is 0.971 bits per heavy atom. The Labute approximate surface area is 206 Å². The van der Waals surface area contributed by atoms with Crippen molar-refractivity contribution >= 4 is 35.3 Å². The maximum atomic E-state index is 12.3. The Balaban J connectivity index is 1.55. The number of β-amino-alcohol motifs (C(OH)–C–C–N with tert-alkyl or cyclic N) is 1. The van der Waals surface area contributed by atoms with E-state index < -0.39 is 5.91 Å².